The third-order valence-electron chi connectivity index (χ3n) is 8.02. The van der Waals surface area contributed by atoms with Crippen LogP contribution < -0.4 is 4.90 Å². The van der Waals surface area contributed by atoms with Crippen LogP contribution in [0.25, 0.3) is 10.9 Å². The Balaban J connectivity index is 1.53. The van der Waals surface area contributed by atoms with E-state index in [9.17, 15) is 9.50 Å². The minimum Gasteiger partial charge on any atom is -0.381 e. The van der Waals surface area contributed by atoms with Gasteiger partial charge in [0.15, 0.2) is 0 Å². The molecule has 0 unspecified atom stereocenters. The number of hydrogen-bond donors (Lipinski definition) is 1. The summed E-state index contributed by atoms with van der Waals surface area (Å²) < 4.78 is 31.9. The Morgan fingerprint density at radius 3 is 2.46 bits per heavy atom. The first-order valence-electron chi connectivity index (χ1n) is 13.5. The minimum atomic E-state index is -1.82. The Hall–Kier alpha value is -3.82. The van der Waals surface area contributed by atoms with Crippen LogP contribution in [-0.2, 0) is 18.7 Å². The molecule has 7 nitrogen and oxygen atoms in total. The van der Waals surface area contributed by atoms with E-state index in [1.165, 1.54) is 23.4 Å². The molecule has 0 aliphatic heterocycles. The number of aliphatic hydroxyl groups is 1. The van der Waals surface area contributed by atoms with E-state index in [0.717, 1.165) is 40.7 Å². The molecule has 214 valence electrons. The molecule has 3 aromatic carbocycles. The van der Waals surface area contributed by atoms with Crippen molar-refractivity contribution in [2.45, 2.75) is 64.4 Å². The Morgan fingerprint density at radius 2 is 1.80 bits per heavy atom. The molecule has 10 heteroatoms. The van der Waals surface area contributed by atoms with Gasteiger partial charge in [-0.05, 0) is 69.2 Å². The van der Waals surface area contributed by atoms with Crippen LogP contribution in [0, 0.1) is 11.6 Å². The smallest absolute Gasteiger partial charge is 0.137 e. The summed E-state index contributed by atoms with van der Waals surface area (Å²) in [5.74, 6) is -1.57. The van der Waals surface area contributed by atoms with E-state index >= 15 is 4.39 Å². The summed E-state index contributed by atoms with van der Waals surface area (Å²) in [6.45, 7) is 8.91. The van der Waals surface area contributed by atoms with Crippen molar-refractivity contribution in [3.05, 3.63) is 107 Å². The second-order valence-electron chi connectivity index (χ2n) is 11.0. The first kappa shape index (κ1) is 28.7. The normalized spacial score (nSPS) is 14.2. The van der Waals surface area contributed by atoms with Gasteiger partial charge in [-0.3, -0.25) is 4.68 Å². The summed E-state index contributed by atoms with van der Waals surface area (Å²) in [5, 5.41) is 22.4. The van der Waals surface area contributed by atoms with Gasteiger partial charge in [-0.15, -0.1) is 0 Å². The lowest BCUT2D eigenvalue weighted by atomic mass is 9.86. The number of nitrogens with zero attached hydrogens (tertiary/aromatic N) is 6. The van der Waals surface area contributed by atoms with Crippen LogP contribution in [-0.4, -0.2) is 35.2 Å². The van der Waals surface area contributed by atoms with E-state index in [4.69, 9.17) is 16.7 Å². The van der Waals surface area contributed by atoms with Gasteiger partial charge in [0.05, 0.1) is 18.1 Å². The highest BCUT2D eigenvalue weighted by Crippen LogP contribution is 2.38. The van der Waals surface area contributed by atoms with Gasteiger partial charge in [-0.1, -0.05) is 36.7 Å². The molecule has 0 aliphatic rings. The van der Waals surface area contributed by atoms with Crippen molar-refractivity contribution in [1.82, 2.24) is 24.5 Å². The van der Waals surface area contributed by atoms with Gasteiger partial charge in [0, 0.05) is 46.0 Å². The fourth-order valence-corrected chi connectivity index (χ4v) is 5.21. The fraction of sp³-hybridized carbons (Fsp3) is 0.323. The lowest BCUT2D eigenvalue weighted by Crippen LogP contribution is -2.43. The average molecular weight is 579 g/mol. The maximum absolute atomic E-state index is 15.1. The van der Waals surface area contributed by atoms with Crippen LogP contribution in [0.4, 0.5) is 14.5 Å². The quantitative estimate of drug-likeness (QED) is 0.195. The van der Waals surface area contributed by atoms with E-state index in [2.05, 4.69) is 41.8 Å². The van der Waals surface area contributed by atoms with Crippen LogP contribution in [0.15, 0.2) is 79.5 Å². The zero-order valence-corrected chi connectivity index (χ0v) is 24.2. The zero-order chi connectivity index (χ0) is 29.4. The van der Waals surface area contributed by atoms with E-state index in [-0.39, 0.29) is 17.6 Å². The van der Waals surface area contributed by atoms with Crippen LogP contribution in [0.2, 0.25) is 5.02 Å². The topological polar surface area (TPSA) is 72.0 Å². The SMILES string of the molecule is CCC(C)(C)N(Cc1ccc(Cl)cc1)c1ccc2nn([C@H](C)[C@](O)(Cn3cncn3)c3ccc(F)cc3F)cc2c1. The second-order valence-corrected chi connectivity index (χ2v) is 11.5. The number of aromatic nitrogens is 5. The second kappa shape index (κ2) is 11.2. The minimum absolute atomic E-state index is 0.0546. The summed E-state index contributed by atoms with van der Waals surface area (Å²) in [6, 6.07) is 16.3. The predicted octanol–water partition coefficient (Wildman–Crippen LogP) is 6.90. The molecular weight excluding hydrogens is 546 g/mol. The summed E-state index contributed by atoms with van der Waals surface area (Å²) in [4.78, 5) is 6.30. The average Bonchev–Trinajstić information content (AvgIpc) is 3.61. The monoisotopic (exact) mass is 578 g/mol. The molecule has 1 N–H and O–H groups in total. The van der Waals surface area contributed by atoms with Crippen LogP contribution in [0.3, 0.4) is 0 Å². The number of halogens is 3. The standard InChI is InChI=1S/C31H33ClF2N6O/c1-5-30(3,4)39(16-22-6-8-24(32)9-7-22)26-11-13-29-23(14-26)17-40(37-29)21(2)31(41,18-38-20-35-19-36-38)27-12-10-25(33)15-28(27)34/h6-15,17,19-21,41H,5,16,18H2,1-4H3/t21-,31-/m1/s1. The van der Waals surface area contributed by atoms with Gasteiger partial charge in [-0.2, -0.15) is 10.2 Å². The molecule has 0 spiro atoms. The third kappa shape index (κ3) is 5.83. The van der Waals surface area contributed by atoms with Gasteiger partial charge in [0.2, 0.25) is 0 Å². The first-order chi connectivity index (χ1) is 19.5. The molecule has 0 bridgehead atoms. The highest BCUT2D eigenvalue weighted by atomic mass is 35.5. The van der Waals surface area contributed by atoms with Crippen molar-refractivity contribution >= 4 is 28.2 Å². The summed E-state index contributed by atoms with van der Waals surface area (Å²) >= 11 is 6.12. The predicted molar refractivity (Wildman–Crippen MR) is 157 cm³/mol. The molecule has 0 aliphatic carbocycles. The molecule has 5 aromatic rings. The summed E-state index contributed by atoms with van der Waals surface area (Å²) in [5.41, 5.74) is 0.870. The highest BCUT2D eigenvalue weighted by Gasteiger charge is 2.41. The van der Waals surface area contributed by atoms with Crippen molar-refractivity contribution in [2.24, 2.45) is 0 Å². The highest BCUT2D eigenvalue weighted by molar-refractivity contribution is 6.30. The maximum Gasteiger partial charge on any atom is 0.137 e. The largest absolute Gasteiger partial charge is 0.381 e. The van der Waals surface area contributed by atoms with Crippen molar-refractivity contribution in [2.75, 3.05) is 4.90 Å². The van der Waals surface area contributed by atoms with Crippen LogP contribution >= 0.6 is 11.6 Å². The summed E-state index contributed by atoms with van der Waals surface area (Å²) in [6.07, 6.45) is 5.54. The Morgan fingerprint density at radius 1 is 1.05 bits per heavy atom. The number of anilines is 1. The van der Waals surface area contributed by atoms with E-state index in [1.807, 2.05) is 42.6 Å². The summed E-state index contributed by atoms with van der Waals surface area (Å²) in [7, 11) is 0. The Bertz CT molecular complexity index is 1640. The van der Waals surface area contributed by atoms with Gasteiger partial charge < -0.3 is 10.0 Å². The lowest BCUT2D eigenvalue weighted by Gasteiger charge is -2.40. The Labute approximate surface area is 243 Å². The molecule has 0 fully saturated rings. The van der Waals surface area contributed by atoms with Gasteiger partial charge in [-0.25, -0.2) is 18.4 Å². The van der Waals surface area contributed by atoms with E-state index < -0.39 is 23.3 Å². The Kier molecular flexibility index (Phi) is 7.85. The molecule has 0 amide bonds. The molecule has 0 radical (unpaired) electrons. The third-order valence-corrected chi connectivity index (χ3v) is 8.27. The molecule has 5 rings (SSSR count). The number of benzene rings is 3. The lowest BCUT2D eigenvalue weighted by molar-refractivity contribution is -0.0366. The van der Waals surface area contributed by atoms with E-state index in [0.29, 0.717) is 11.6 Å². The van der Waals surface area contributed by atoms with E-state index in [1.54, 1.807) is 11.6 Å². The molecule has 0 saturated heterocycles. The van der Waals surface area contributed by atoms with Crippen LogP contribution in [0.5, 0.6) is 0 Å². The molecular formula is C31H33ClF2N6O. The molecule has 2 atom stereocenters. The fourth-order valence-electron chi connectivity index (χ4n) is 5.08. The first-order valence-corrected chi connectivity index (χ1v) is 13.9. The maximum atomic E-state index is 15.1. The van der Waals surface area contributed by atoms with Crippen molar-refractivity contribution < 1.29 is 13.9 Å². The van der Waals surface area contributed by atoms with Crippen molar-refractivity contribution in [3.63, 3.8) is 0 Å². The molecule has 2 aromatic heterocycles. The van der Waals surface area contributed by atoms with Gasteiger partial charge in [0.25, 0.3) is 0 Å². The number of hydrogen-bond acceptors (Lipinski definition) is 5. The van der Waals surface area contributed by atoms with Crippen molar-refractivity contribution in [3.8, 4) is 0 Å². The van der Waals surface area contributed by atoms with Crippen LogP contribution in [0.1, 0.15) is 51.3 Å². The molecule has 41 heavy (non-hydrogen) atoms. The molecule has 0 saturated carbocycles. The zero-order valence-electron chi connectivity index (χ0n) is 23.5. The van der Waals surface area contributed by atoms with Gasteiger partial charge >= 0.3 is 0 Å². The van der Waals surface area contributed by atoms with Crippen molar-refractivity contribution in [1.29, 1.82) is 0 Å². The number of rotatable bonds is 10. The number of fused-ring (bicyclic) bond motifs is 1. The van der Waals surface area contributed by atoms with Gasteiger partial charge in [0.1, 0.15) is 29.9 Å². The molecule has 2 heterocycles.